The molecule has 1 saturated carbocycles. The Morgan fingerprint density at radius 1 is 0.774 bits per heavy atom. The quantitative estimate of drug-likeness (QED) is 0.353. The number of aromatic nitrogens is 1. The Morgan fingerprint density at radius 2 is 1.45 bits per heavy atom. The van der Waals surface area contributed by atoms with Crippen molar-refractivity contribution in [3.8, 4) is 5.69 Å². The fourth-order valence-electron chi connectivity index (χ4n) is 5.55. The molecule has 0 aliphatic heterocycles. The molecule has 2 atom stereocenters. The van der Waals surface area contributed by atoms with E-state index in [0.29, 0.717) is 24.5 Å². The Morgan fingerprint density at radius 3 is 2.26 bits per heavy atom. The number of benzene rings is 3. The summed E-state index contributed by atoms with van der Waals surface area (Å²) >= 11 is 0. The van der Waals surface area contributed by atoms with E-state index in [4.69, 9.17) is 0 Å². The number of carbonyl (C=O) groups is 1. The van der Waals surface area contributed by atoms with E-state index in [9.17, 15) is 4.79 Å². The summed E-state index contributed by atoms with van der Waals surface area (Å²) in [4.78, 5) is 12.5. The van der Waals surface area contributed by atoms with Gasteiger partial charge in [-0.25, -0.2) is 0 Å². The van der Waals surface area contributed by atoms with E-state index < -0.39 is 0 Å². The van der Waals surface area contributed by atoms with Gasteiger partial charge in [-0.15, -0.1) is 0 Å². The van der Waals surface area contributed by atoms with Gasteiger partial charge < -0.3 is 4.57 Å². The second-order valence-electron chi connectivity index (χ2n) is 8.97. The number of fused-ring (bicyclic) bond motifs is 1. The molecule has 0 saturated heterocycles. The molecule has 3 aromatic carbocycles. The van der Waals surface area contributed by atoms with Crippen LogP contribution in [0.4, 0.5) is 0 Å². The lowest BCUT2D eigenvalue weighted by Crippen LogP contribution is -2.23. The lowest BCUT2D eigenvalue weighted by Gasteiger charge is -2.34. The first-order chi connectivity index (χ1) is 15.1. The van der Waals surface area contributed by atoms with Gasteiger partial charge in [0.25, 0.3) is 0 Å². The minimum Gasteiger partial charge on any atom is -0.313 e. The van der Waals surface area contributed by atoms with Crippen molar-refractivity contribution < 1.29 is 4.79 Å². The van der Waals surface area contributed by atoms with Crippen molar-refractivity contribution in [3.63, 3.8) is 0 Å². The van der Waals surface area contributed by atoms with Gasteiger partial charge in [0.05, 0.1) is 5.52 Å². The van der Waals surface area contributed by atoms with E-state index in [1.807, 2.05) is 0 Å². The van der Waals surface area contributed by atoms with E-state index in [1.165, 1.54) is 44.5 Å². The van der Waals surface area contributed by atoms with Crippen LogP contribution in [-0.2, 0) is 4.79 Å². The second-order valence-corrected chi connectivity index (χ2v) is 8.97. The van der Waals surface area contributed by atoms with Crippen LogP contribution in [0.1, 0.15) is 59.0 Å². The van der Waals surface area contributed by atoms with Gasteiger partial charge in [0.2, 0.25) is 0 Å². The highest BCUT2D eigenvalue weighted by Crippen LogP contribution is 2.46. The third kappa shape index (κ3) is 3.31. The molecular formula is C29H29NO. The van der Waals surface area contributed by atoms with Crippen LogP contribution in [0, 0.1) is 20.8 Å². The number of aryl methyl sites for hydroxylation is 2. The molecule has 1 aromatic heterocycles. The highest BCUT2D eigenvalue weighted by atomic mass is 16.1. The van der Waals surface area contributed by atoms with Gasteiger partial charge in [-0.2, -0.15) is 0 Å². The fourth-order valence-corrected chi connectivity index (χ4v) is 5.55. The predicted molar refractivity (Wildman–Crippen MR) is 128 cm³/mol. The van der Waals surface area contributed by atoms with E-state index in [-0.39, 0.29) is 5.92 Å². The topological polar surface area (TPSA) is 22.0 Å². The minimum absolute atomic E-state index is 0.229. The number of hydrogen-bond acceptors (Lipinski definition) is 1. The molecule has 31 heavy (non-hydrogen) atoms. The summed E-state index contributed by atoms with van der Waals surface area (Å²) in [6.07, 6.45) is 2.21. The van der Waals surface area contributed by atoms with Gasteiger partial charge in [0.1, 0.15) is 5.78 Å². The van der Waals surface area contributed by atoms with Crippen LogP contribution < -0.4 is 0 Å². The average molecular weight is 408 g/mol. The lowest BCUT2D eigenvalue weighted by atomic mass is 9.70. The molecule has 4 aromatic rings. The Labute approximate surface area is 184 Å². The molecule has 1 fully saturated rings. The van der Waals surface area contributed by atoms with E-state index in [1.54, 1.807) is 0 Å². The van der Waals surface area contributed by atoms with E-state index in [0.717, 1.165) is 6.42 Å². The summed E-state index contributed by atoms with van der Waals surface area (Å²) in [5.41, 5.74) is 9.08. The summed E-state index contributed by atoms with van der Waals surface area (Å²) in [5.74, 6) is 0.947. The van der Waals surface area contributed by atoms with Gasteiger partial charge in [0.15, 0.2) is 0 Å². The van der Waals surface area contributed by atoms with Crippen molar-refractivity contribution >= 4 is 16.7 Å². The smallest absolute Gasteiger partial charge is 0.133 e. The second kappa shape index (κ2) is 7.85. The zero-order valence-corrected chi connectivity index (χ0v) is 18.6. The Balaban J connectivity index is 1.70. The van der Waals surface area contributed by atoms with Crippen LogP contribution in [0.25, 0.3) is 16.6 Å². The van der Waals surface area contributed by atoms with E-state index in [2.05, 4.69) is 98.1 Å². The molecule has 156 valence electrons. The van der Waals surface area contributed by atoms with Crippen molar-refractivity contribution in [3.05, 3.63) is 101 Å². The molecule has 0 radical (unpaired) electrons. The summed E-state index contributed by atoms with van der Waals surface area (Å²) in [6.45, 7) is 6.60. The molecule has 2 heteroatoms. The molecule has 1 heterocycles. The molecule has 0 spiro atoms. The van der Waals surface area contributed by atoms with Gasteiger partial charge in [-0.1, -0.05) is 60.7 Å². The number of nitrogens with zero attached hydrogens (tertiary/aromatic N) is 1. The van der Waals surface area contributed by atoms with Crippen LogP contribution >= 0.6 is 0 Å². The monoisotopic (exact) mass is 407 g/mol. The van der Waals surface area contributed by atoms with Gasteiger partial charge in [-0.3, -0.25) is 4.79 Å². The van der Waals surface area contributed by atoms with Crippen LogP contribution in [0.2, 0.25) is 0 Å². The van der Waals surface area contributed by atoms with Gasteiger partial charge >= 0.3 is 0 Å². The van der Waals surface area contributed by atoms with Crippen molar-refractivity contribution in [2.75, 3.05) is 0 Å². The van der Waals surface area contributed by atoms with Crippen LogP contribution in [-0.4, -0.2) is 10.4 Å². The van der Waals surface area contributed by atoms with Gasteiger partial charge in [-0.05, 0) is 73.4 Å². The molecular weight excluding hydrogens is 378 g/mol. The first kappa shape index (κ1) is 19.8. The highest BCUT2D eigenvalue weighted by molar-refractivity contribution is 5.87. The third-order valence-corrected chi connectivity index (χ3v) is 7.26. The molecule has 1 aliphatic rings. The highest BCUT2D eigenvalue weighted by Gasteiger charge is 2.34. The normalized spacial score (nSPS) is 19.1. The summed E-state index contributed by atoms with van der Waals surface area (Å²) in [6, 6.07) is 26.1. The standard InChI is InChI=1S/C29H29NO/c1-19-10-4-5-11-23(19)27-18-22(31)16-17-25(27)26-13-7-9-15-29(26)30-21(3)20(2)24-12-6-8-14-28(24)30/h4-15,25,27H,16-18H2,1-3H3. The zero-order chi connectivity index (χ0) is 21.5. The van der Waals surface area contributed by atoms with Crippen LogP contribution in [0.3, 0.4) is 0 Å². The fraction of sp³-hybridized carbons (Fsp3) is 0.276. The number of ketones is 1. The summed E-state index contributed by atoms with van der Waals surface area (Å²) in [5, 5.41) is 1.31. The molecule has 0 amide bonds. The first-order valence-electron chi connectivity index (χ1n) is 11.3. The number of carbonyl (C=O) groups excluding carboxylic acids is 1. The predicted octanol–water partition coefficient (Wildman–Crippen LogP) is 7.18. The maximum atomic E-state index is 12.5. The molecule has 2 nitrogen and oxygen atoms in total. The SMILES string of the molecule is Cc1ccccc1C1CC(=O)CCC1c1ccccc1-n1c(C)c(C)c2ccccc21. The summed E-state index contributed by atoms with van der Waals surface area (Å²) in [7, 11) is 0. The van der Waals surface area contributed by atoms with Crippen molar-refractivity contribution in [1.29, 1.82) is 0 Å². The number of hydrogen-bond donors (Lipinski definition) is 0. The first-order valence-corrected chi connectivity index (χ1v) is 11.3. The number of rotatable bonds is 3. The molecule has 2 unspecified atom stereocenters. The Bertz CT molecular complexity index is 1280. The van der Waals surface area contributed by atoms with Gasteiger partial charge in [0, 0.05) is 29.6 Å². The minimum atomic E-state index is 0.229. The lowest BCUT2D eigenvalue weighted by molar-refractivity contribution is -0.121. The van der Waals surface area contributed by atoms with Crippen molar-refractivity contribution in [1.82, 2.24) is 4.57 Å². The maximum Gasteiger partial charge on any atom is 0.133 e. The van der Waals surface area contributed by atoms with Crippen molar-refractivity contribution in [2.45, 2.75) is 51.9 Å². The van der Waals surface area contributed by atoms with Crippen LogP contribution in [0.15, 0.2) is 72.8 Å². The Hall–Kier alpha value is -3.13. The number of para-hydroxylation sites is 2. The Kier molecular flexibility index (Phi) is 5.02. The molecule has 5 rings (SSSR count). The number of Topliss-reactive ketones (excluding diaryl/α,β-unsaturated/α-hetero) is 1. The van der Waals surface area contributed by atoms with E-state index >= 15 is 0 Å². The molecule has 0 N–H and O–H groups in total. The molecule has 0 bridgehead atoms. The summed E-state index contributed by atoms with van der Waals surface area (Å²) < 4.78 is 2.42. The zero-order valence-electron chi connectivity index (χ0n) is 18.6. The van der Waals surface area contributed by atoms with Crippen molar-refractivity contribution in [2.24, 2.45) is 0 Å². The average Bonchev–Trinajstić information content (AvgIpc) is 3.04. The van der Waals surface area contributed by atoms with Crippen LogP contribution in [0.5, 0.6) is 0 Å². The maximum absolute atomic E-state index is 12.5. The molecule has 1 aliphatic carbocycles. The largest absolute Gasteiger partial charge is 0.313 e. The third-order valence-electron chi connectivity index (χ3n) is 7.26.